The first-order valence-electron chi connectivity index (χ1n) is 13.7. The number of rotatable bonds is 8. The number of esters is 1. The molecule has 0 heterocycles. The van der Waals surface area contributed by atoms with Crippen LogP contribution >= 0.6 is 23.2 Å². The van der Waals surface area contributed by atoms with Crippen molar-refractivity contribution in [2.45, 2.75) is 50.2 Å². The molecule has 2 unspecified atom stereocenters. The van der Waals surface area contributed by atoms with Crippen molar-refractivity contribution in [3.63, 3.8) is 0 Å². The van der Waals surface area contributed by atoms with E-state index in [1.165, 1.54) is 23.8 Å². The fraction of sp³-hybridized carbons (Fsp3) is 0.323. The monoisotopic (exact) mass is 594 g/mol. The van der Waals surface area contributed by atoms with E-state index < -0.39 is 23.9 Å². The lowest BCUT2D eigenvalue weighted by atomic mass is 9.88. The number of carbonyl (C=O) groups excluding carboxylic acids is 3. The highest BCUT2D eigenvalue weighted by molar-refractivity contribution is 6.41. The zero-order valence-electron chi connectivity index (χ0n) is 22.6. The molecule has 0 radical (unpaired) electrons. The third kappa shape index (κ3) is 6.60. The summed E-state index contributed by atoms with van der Waals surface area (Å²) in [7, 11) is 1.21. The van der Waals surface area contributed by atoms with Crippen LogP contribution in [-0.2, 0) is 28.8 Å². The molecule has 8 nitrogen and oxygen atoms in total. The van der Waals surface area contributed by atoms with E-state index >= 15 is 0 Å². The summed E-state index contributed by atoms with van der Waals surface area (Å²) < 4.78 is 4.87. The van der Waals surface area contributed by atoms with Crippen molar-refractivity contribution < 1.29 is 19.1 Å². The number of hydrogen-bond donors (Lipinski definition) is 4. The van der Waals surface area contributed by atoms with Gasteiger partial charge in [0.2, 0.25) is 0 Å². The van der Waals surface area contributed by atoms with Crippen LogP contribution in [0.3, 0.4) is 0 Å². The third-order valence-corrected chi connectivity index (χ3v) is 8.43. The predicted octanol–water partition coefficient (Wildman–Crippen LogP) is 5.22. The SMILES string of the molecule is COC(=O)C(CNC(=O)N[C@@H]1CCc2ccccc21)NC(=O)c1c(Cl)ccc(NC2CCc3ccccc3C2)c1Cl. The first kappa shape index (κ1) is 28.8. The Morgan fingerprint density at radius 2 is 1.63 bits per heavy atom. The highest BCUT2D eigenvalue weighted by atomic mass is 35.5. The first-order valence-corrected chi connectivity index (χ1v) is 14.4. The van der Waals surface area contributed by atoms with Crippen LogP contribution in [0.25, 0.3) is 0 Å². The molecule has 4 N–H and O–H groups in total. The van der Waals surface area contributed by atoms with Crippen LogP contribution in [0.4, 0.5) is 10.5 Å². The number of amides is 3. The standard InChI is InChI=1S/C31H32Cl2N4O4/c1-41-30(39)26(17-34-31(40)37-24-14-11-19-7-4-5-9-22(19)24)36-29(38)27-23(32)13-15-25(28(27)33)35-21-12-10-18-6-2-3-8-20(18)16-21/h2-9,13,15,21,24,26,35H,10-12,14,16-17H2,1H3,(H,36,38)(H2,34,37,40)/t21?,24-,26?/m1/s1. The van der Waals surface area contributed by atoms with Crippen LogP contribution in [-0.4, -0.2) is 43.6 Å². The molecule has 0 saturated carbocycles. The maximum atomic E-state index is 13.3. The van der Waals surface area contributed by atoms with E-state index in [4.69, 9.17) is 27.9 Å². The Morgan fingerprint density at radius 1 is 0.927 bits per heavy atom. The number of fused-ring (bicyclic) bond motifs is 2. The number of aryl methyl sites for hydroxylation is 2. The van der Waals surface area contributed by atoms with Crippen LogP contribution in [0.1, 0.15) is 51.5 Å². The van der Waals surface area contributed by atoms with Gasteiger partial charge in [0.25, 0.3) is 5.91 Å². The zero-order chi connectivity index (χ0) is 28.9. The summed E-state index contributed by atoms with van der Waals surface area (Å²) in [5, 5.41) is 12.0. The summed E-state index contributed by atoms with van der Waals surface area (Å²) in [4.78, 5) is 38.5. The first-order chi connectivity index (χ1) is 19.8. The minimum Gasteiger partial charge on any atom is -0.467 e. The van der Waals surface area contributed by atoms with Crippen molar-refractivity contribution in [3.8, 4) is 0 Å². The zero-order valence-corrected chi connectivity index (χ0v) is 24.1. The van der Waals surface area contributed by atoms with Gasteiger partial charge in [0, 0.05) is 6.04 Å². The molecule has 3 amide bonds. The molecule has 41 heavy (non-hydrogen) atoms. The van der Waals surface area contributed by atoms with Crippen LogP contribution < -0.4 is 21.3 Å². The van der Waals surface area contributed by atoms with Crippen molar-refractivity contribution in [2.75, 3.05) is 19.0 Å². The van der Waals surface area contributed by atoms with Crippen LogP contribution in [0.2, 0.25) is 10.0 Å². The summed E-state index contributed by atoms with van der Waals surface area (Å²) in [5.74, 6) is -1.37. The molecule has 3 aromatic carbocycles. The normalized spacial score (nSPS) is 17.9. The predicted molar refractivity (Wildman–Crippen MR) is 160 cm³/mol. The molecule has 0 fully saturated rings. The quantitative estimate of drug-likeness (QED) is 0.267. The topological polar surface area (TPSA) is 109 Å². The highest BCUT2D eigenvalue weighted by Crippen LogP contribution is 2.34. The third-order valence-electron chi connectivity index (χ3n) is 7.72. The van der Waals surface area contributed by atoms with E-state index in [2.05, 4.69) is 33.4 Å². The number of methoxy groups -OCH3 is 1. The van der Waals surface area contributed by atoms with Crippen molar-refractivity contribution in [3.05, 3.63) is 98.5 Å². The second-order valence-corrected chi connectivity index (χ2v) is 11.1. The van der Waals surface area contributed by atoms with Gasteiger partial charge in [0.05, 0.1) is 41.0 Å². The molecular formula is C31H32Cl2N4O4. The van der Waals surface area contributed by atoms with E-state index in [1.807, 2.05) is 36.4 Å². The molecule has 0 bridgehead atoms. The molecule has 0 aliphatic heterocycles. The summed E-state index contributed by atoms with van der Waals surface area (Å²) >= 11 is 13.1. The lowest BCUT2D eigenvalue weighted by Gasteiger charge is -2.27. The van der Waals surface area contributed by atoms with Crippen LogP contribution in [0.5, 0.6) is 0 Å². The maximum Gasteiger partial charge on any atom is 0.330 e. The van der Waals surface area contributed by atoms with Crippen molar-refractivity contribution >= 4 is 46.8 Å². The second kappa shape index (κ2) is 12.8. The average Bonchev–Trinajstić information content (AvgIpc) is 3.38. The van der Waals surface area contributed by atoms with Crippen molar-refractivity contribution in [1.82, 2.24) is 16.0 Å². The molecule has 214 valence electrons. The molecule has 0 saturated heterocycles. The van der Waals surface area contributed by atoms with Crippen LogP contribution in [0.15, 0.2) is 60.7 Å². The Kier molecular flexibility index (Phi) is 9.00. The number of hydrogen-bond acceptors (Lipinski definition) is 5. The summed E-state index contributed by atoms with van der Waals surface area (Å²) in [6, 6.07) is 18.0. The largest absolute Gasteiger partial charge is 0.467 e. The fourth-order valence-electron chi connectivity index (χ4n) is 5.59. The maximum absolute atomic E-state index is 13.3. The minimum absolute atomic E-state index is 0.0375. The van der Waals surface area contributed by atoms with Gasteiger partial charge in [-0.05, 0) is 66.5 Å². The molecule has 3 aromatic rings. The van der Waals surface area contributed by atoms with E-state index in [1.54, 1.807) is 12.1 Å². The Balaban J connectivity index is 1.23. The number of halogens is 2. The van der Waals surface area contributed by atoms with Gasteiger partial charge in [-0.25, -0.2) is 9.59 Å². The van der Waals surface area contributed by atoms with Gasteiger partial charge in [-0.15, -0.1) is 0 Å². The van der Waals surface area contributed by atoms with Gasteiger partial charge in [0.15, 0.2) is 0 Å². The van der Waals surface area contributed by atoms with Gasteiger partial charge in [-0.3, -0.25) is 4.79 Å². The summed E-state index contributed by atoms with van der Waals surface area (Å²) in [6.45, 7) is -0.187. The van der Waals surface area contributed by atoms with Gasteiger partial charge < -0.3 is 26.0 Å². The van der Waals surface area contributed by atoms with E-state index in [0.29, 0.717) is 5.69 Å². The Bertz CT molecular complexity index is 1460. The molecule has 0 spiro atoms. The highest BCUT2D eigenvalue weighted by Gasteiger charge is 2.28. The molecule has 0 aromatic heterocycles. The summed E-state index contributed by atoms with van der Waals surface area (Å²) in [5.41, 5.74) is 5.53. The molecule has 10 heteroatoms. The van der Waals surface area contributed by atoms with Gasteiger partial charge in [0.1, 0.15) is 6.04 Å². The molecule has 2 aliphatic carbocycles. The van der Waals surface area contributed by atoms with E-state index in [9.17, 15) is 14.4 Å². The number of urea groups is 1. The minimum atomic E-state index is -1.16. The Labute approximate surface area is 249 Å². The number of ether oxygens (including phenoxy) is 1. The number of carbonyl (C=O) groups is 3. The van der Waals surface area contributed by atoms with E-state index in [0.717, 1.165) is 37.7 Å². The Hall–Kier alpha value is -3.75. The molecule has 5 rings (SSSR count). The number of anilines is 1. The smallest absolute Gasteiger partial charge is 0.330 e. The summed E-state index contributed by atoms with van der Waals surface area (Å²) in [6.07, 6.45) is 4.37. The molecule has 2 aliphatic rings. The second-order valence-electron chi connectivity index (χ2n) is 10.3. The Morgan fingerprint density at radius 3 is 2.41 bits per heavy atom. The van der Waals surface area contributed by atoms with Gasteiger partial charge in [-0.1, -0.05) is 71.7 Å². The van der Waals surface area contributed by atoms with Gasteiger partial charge in [-0.2, -0.15) is 0 Å². The number of benzene rings is 3. The lowest BCUT2D eigenvalue weighted by Crippen LogP contribution is -2.51. The molecule has 3 atom stereocenters. The van der Waals surface area contributed by atoms with E-state index in [-0.39, 0.29) is 34.2 Å². The lowest BCUT2D eigenvalue weighted by molar-refractivity contribution is -0.142. The number of nitrogens with one attached hydrogen (secondary N) is 4. The average molecular weight is 596 g/mol. The molecular weight excluding hydrogens is 563 g/mol. The van der Waals surface area contributed by atoms with Crippen molar-refractivity contribution in [2.24, 2.45) is 0 Å². The fourth-order valence-corrected chi connectivity index (χ4v) is 6.19. The van der Waals surface area contributed by atoms with Crippen LogP contribution in [0, 0.1) is 0 Å². The van der Waals surface area contributed by atoms with Crippen molar-refractivity contribution in [1.29, 1.82) is 0 Å². The van der Waals surface area contributed by atoms with Gasteiger partial charge >= 0.3 is 12.0 Å².